The molecule has 0 saturated heterocycles. The van der Waals surface area contributed by atoms with Crippen molar-refractivity contribution < 1.29 is 14.3 Å². The molecule has 1 aromatic carbocycles. The Bertz CT molecular complexity index is 696. The number of nitrogens with zero attached hydrogens (tertiary/aromatic N) is 1. The smallest absolute Gasteiger partial charge is 0.314 e. The molecule has 2 aromatic rings. The number of carbonyl (C=O) groups is 1. The van der Waals surface area contributed by atoms with Crippen LogP contribution in [-0.4, -0.2) is 15.6 Å². The van der Waals surface area contributed by atoms with Crippen LogP contribution in [0.2, 0.25) is 0 Å². The van der Waals surface area contributed by atoms with E-state index in [1.54, 1.807) is 12.1 Å². The molecule has 0 bridgehead atoms. The van der Waals surface area contributed by atoms with Crippen LogP contribution in [0.15, 0.2) is 18.2 Å². The summed E-state index contributed by atoms with van der Waals surface area (Å²) in [6.45, 7) is 1.92. The van der Waals surface area contributed by atoms with Gasteiger partial charge in [0.25, 0.3) is 0 Å². The summed E-state index contributed by atoms with van der Waals surface area (Å²) in [5.41, 5.74) is 1.08. The Morgan fingerprint density at radius 3 is 2.60 bits per heavy atom. The molecule has 4 heteroatoms. The molecule has 1 aromatic heterocycles. The Labute approximate surface area is 117 Å². The summed E-state index contributed by atoms with van der Waals surface area (Å²) in [6, 6.07) is 5.29. The molecule has 1 N–H and O–H groups in total. The number of fused-ring (bicyclic) bond motifs is 1. The normalized spacial score (nSPS) is 17.8. The lowest BCUT2D eigenvalue weighted by molar-refractivity contribution is -0.143. The first-order valence-corrected chi connectivity index (χ1v) is 6.96. The van der Waals surface area contributed by atoms with E-state index in [9.17, 15) is 14.3 Å². The molecule has 1 heterocycles. The van der Waals surface area contributed by atoms with E-state index < -0.39 is 11.4 Å². The van der Waals surface area contributed by atoms with Gasteiger partial charge in [-0.25, -0.2) is 4.39 Å². The molecular formula is C16H18FNO2. The highest BCUT2D eigenvalue weighted by atomic mass is 19.1. The fourth-order valence-corrected chi connectivity index (χ4v) is 3.45. The van der Waals surface area contributed by atoms with Gasteiger partial charge in [-0.05, 0) is 31.9 Å². The van der Waals surface area contributed by atoms with E-state index in [-0.39, 0.29) is 5.82 Å². The number of aryl methyl sites for hydroxylation is 2. The minimum Gasteiger partial charge on any atom is -0.481 e. The van der Waals surface area contributed by atoms with Gasteiger partial charge in [-0.3, -0.25) is 4.79 Å². The summed E-state index contributed by atoms with van der Waals surface area (Å²) in [5, 5.41) is 10.1. The van der Waals surface area contributed by atoms with Gasteiger partial charge in [-0.15, -0.1) is 0 Å². The van der Waals surface area contributed by atoms with Gasteiger partial charge in [0, 0.05) is 23.7 Å². The molecular weight excluding hydrogens is 257 g/mol. The molecule has 3 nitrogen and oxygen atoms in total. The van der Waals surface area contributed by atoms with Crippen molar-refractivity contribution in [2.75, 3.05) is 0 Å². The molecule has 0 atom stereocenters. The number of hydrogen-bond acceptors (Lipinski definition) is 1. The van der Waals surface area contributed by atoms with Gasteiger partial charge < -0.3 is 9.67 Å². The molecule has 1 fully saturated rings. The van der Waals surface area contributed by atoms with Crippen LogP contribution >= 0.6 is 0 Å². The first-order valence-electron chi connectivity index (χ1n) is 6.96. The highest BCUT2D eigenvalue weighted by molar-refractivity contribution is 5.87. The lowest BCUT2D eigenvalue weighted by Crippen LogP contribution is -2.33. The maximum atomic E-state index is 14.8. The summed E-state index contributed by atoms with van der Waals surface area (Å²) < 4.78 is 16.8. The number of benzene rings is 1. The topological polar surface area (TPSA) is 42.2 Å². The van der Waals surface area contributed by atoms with Crippen LogP contribution in [0.5, 0.6) is 0 Å². The summed E-state index contributed by atoms with van der Waals surface area (Å²) in [6.07, 6.45) is 2.74. The monoisotopic (exact) mass is 275 g/mol. The number of halogens is 1. The quantitative estimate of drug-likeness (QED) is 0.911. The zero-order valence-electron chi connectivity index (χ0n) is 11.7. The molecule has 20 heavy (non-hydrogen) atoms. The van der Waals surface area contributed by atoms with Gasteiger partial charge in [-0.2, -0.15) is 0 Å². The Morgan fingerprint density at radius 2 is 2.00 bits per heavy atom. The van der Waals surface area contributed by atoms with Crippen molar-refractivity contribution in [3.05, 3.63) is 35.3 Å². The number of rotatable bonds is 2. The standard InChI is InChI=1S/C16H18FNO2/c1-10-9-11-13(18(10)2)6-5-12(14(11)17)16(15(19)20)7-3-4-8-16/h5-6,9H,3-4,7-8H2,1-2H3,(H,19,20). The van der Waals surface area contributed by atoms with Crippen molar-refractivity contribution in [3.63, 3.8) is 0 Å². The van der Waals surface area contributed by atoms with E-state index >= 15 is 0 Å². The second kappa shape index (κ2) is 4.33. The van der Waals surface area contributed by atoms with Crippen LogP contribution in [-0.2, 0) is 17.3 Å². The van der Waals surface area contributed by atoms with Gasteiger partial charge in [0.1, 0.15) is 5.82 Å². The maximum Gasteiger partial charge on any atom is 0.314 e. The van der Waals surface area contributed by atoms with Crippen LogP contribution < -0.4 is 0 Å². The van der Waals surface area contributed by atoms with Gasteiger partial charge in [0.05, 0.1) is 10.9 Å². The second-order valence-electron chi connectivity index (χ2n) is 5.80. The zero-order valence-corrected chi connectivity index (χ0v) is 11.7. The largest absolute Gasteiger partial charge is 0.481 e. The average molecular weight is 275 g/mol. The third-order valence-electron chi connectivity index (χ3n) is 4.78. The van der Waals surface area contributed by atoms with E-state index in [2.05, 4.69) is 0 Å². The van der Waals surface area contributed by atoms with Gasteiger partial charge in [0.15, 0.2) is 0 Å². The first kappa shape index (κ1) is 13.2. The van der Waals surface area contributed by atoms with Crippen molar-refractivity contribution in [1.82, 2.24) is 4.57 Å². The SMILES string of the molecule is Cc1cc2c(F)c(C3(C(=O)O)CCCC3)ccc2n1C. The van der Waals surface area contributed by atoms with Crippen LogP contribution in [0, 0.1) is 12.7 Å². The first-order chi connectivity index (χ1) is 9.47. The summed E-state index contributed by atoms with van der Waals surface area (Å²) >= 11 is 0. The Morgan fingerprint density at radius 1 is 1.35 bits per heavy atom. The summed E-state index contributed by atoms with van der Waals surface area (Å²) in [7, 11) is 1.89. The minimum atomic E-state index is -1.04. The van der Waals surface area contributed by atoms with Crippen LogP contribution in [0.3, 0.4) is 0 Å². The zero-order chi connectivity index (χ0) is 14.5. The molecule has 3 rings (SSSR count). The predicted molar refractivity (Wildman–Crippen MR) is 75.4 cm³/mol. The number of carboxylic acid groups (broad SMARTS) is 1. The highest BCUT2D eigenvalue weighted by Crippen LogP contribution is 2.43. The van der Waals surface area contributed by atoms with Crippen LogP contribution in [0.1, 0.15) is 36.9 Å². The van der Waals surface area contributed by atoms with Crippen molar-refractivity contribution in [2.24, 2.45) is 7.05 Å². The molecule has 1 aliphatic rings. The highest BCUT2D eigenvalue weighted by Gasteiger charge is 2.45. The predicted octanol–water partition coefficient (Wildman–Crippen LogP) is 3.52. The molecule has 0 aliphatic heterocycles. The molecule has 1 saturated carbocycles. The van der Waals surface area contributed by atoms with Crippen molar-refractivity contribution in [2.45, 2.75) is 38.0 Å². The summed E-state index contributed by atoms with van der Waals surface area (Å²) in [4.78, 5) is 11.7. The molecule has 0 amide bonds. The van der Waals surface area contributed by atoms with Crippen molar-refractivity contribution in [3.8, 4) is 0 Å². The fraction of sp³-hybridized carbons (Fsp3) is 0.438. The molecule has 0 spiro atoms. The number of hydrogen-bond donors (Lipinski definition) is 1. The minimum absolute atomic E-state index is 0.348. The van der Waals surface area contributed by atoms with E-state index in [0.29, 0.717) is 23.8 Å². The van der Waals surface area contributed by atoms with Crippen LogP contribution in [0.25, 0.3) is 10.9 Å². The third kappa shape index (κ3) is 1.60. The molecule has 0 radical (unpaired) electrons. The van der Waals surface area contributed by atoms with Gasteiger partial charge in [0.2, 0.25) is 0 Å². The van der Waals surface area contributed by atoms with Gasteiger partial charge >= 0.3 is 5.97 Å². The van der Waals surface area contributed by atoms with Crippen molar-refractivity contribution in [1.29, 1.82) is 0 Å². The molecule has 0 unspecified atom stereocenters. The Kier molecular flexibility index (Phi) is 2.85. The lowest BCUT2D eigenvalue weighted by Gasteiger charge is -2.25. The van der Waals surface area contributed by atoms with E-state index in [1.807, 2.05) is 24.6 Å². The fourth-order valence-electron chi connectivity index (χ4n) is 3.45. The Hall–Kier alpha value is -1.84. The second-order valence-corrected chi connectivity index (χ2v) is 5.80. The maximum absolute atomic E-state index is 14.8. The number of aromatic nitrogens is 1. The number of aliphatic carboxylic acids is 1. The van der Waals surface area contributed by atoms with Crippen LogP contribution in [0.4, 0.5) is 4.39 Å². The number of carboxylic acids is 1. The summed E-state index contributed by atoms with van der Waals surface area (Å²) in [5.74, 6) is -1.27. The van der Waals surface area contributed by atoms with E-state index in [4.69, 9.17) is 0 Å². The Balaban J connectivity index is 2.27. The van der Waals surface area contributed by atoms with Gasteiger partial charge in [-0.1, -0.05) is 18.9 Å². The third-order valence-corrected chi connectivity index (χ3v) is 4.78. The molecule has 1 aliphatic carbocycles. The van der Waals surface area contributed by atoms with E-state index in [0.717, 1.165) is 24.1 Å². The average Bonchev–Trinajstić information content (AvgIpc) is 2.99. The molecule has 106 valence electrons. The van der Waals surface area contributed by atoms with Crippen molar-refractivity contribution >= 4 is 16.9 Å². The van der Waals surface area contributed by atoms with E-state index in [1.165, 1.54) is 0 Å². The lowest BCUT2D eigenvalue weighted by atomic mass is 9.78.